The zero-order valence-corrected chi connectivity index (χ0v) is 13.0. The highest BCUT2D eigenvalue weighted by atomic mass is 19.1. The number of benzene rings is 3. The zero-order valence-electron chi connectivity index (χ0n) is 13.0. The first-order valence-electron chi connectivity index (χ1n) is 7.87. The molecular weight excluding hydrogens is 301 g/mol. The Morgan fingerprint density at radius 1 is 0.792 bits per heavy atom. The smallest absolute Gasteiger partial charge is 0.223 e. The molecule has 0 N–H and O–H groups in total. The number of fused-ring (bicyclic) bond motifs is 1. The minimum atomic E-state index is -1.13. The molecule has 0 aliphatic carbocycles. The second kappa shape index (κ2) is 5.93. The molecule has 0 fully saturated rings. The molecular formula is C21H16FNO. The van der Waals surface area contributed by atoms with Crippen LogP contribution in [0, 0.1) is 0 Å². The lowest BCUT2D eigenvalue weighted by Gasteiger charge is -2.26. The molecule has 1 unspecified atom stereocenters. The van der Waals surface area contributed by atoms with Crippen LogP contribution < -0.4 is 0 Å². The van der Waals surface area contributed by atoms with Crippen molar-refractivity contribution in [3.05, 3.63) is 102 Å². The Balaban J connectivity index is 1.89. The van der Waals surface area contributed by atoms with Crippen molar-refractivity contribution in [3.8, 4) is 0 Å². The minimum absolute atomic E-state index is 0.457. The molecule has 2 nitrogen and oxygen atoms in total. The summed E-state index contributed by atoms with van der Waals surface area (Å²) >= 11 is 0. The van der Waals surface area contributed by atoms with Gasteiger partial charge < -0.3 is 4.74 Å². The molecule has 0 spiro atoms. The van der Waals surface area contributed by atoms with E-state index >= 15 is 0 Å². The molecule has 1 heterocycles. The van der Waals surface area contributed by atoms with Gasteiger partial charge >= 0.3 is 0 Å². The Kier molecular flexibility index (Phi) is 3.62. The Morgan fingerprint density at radius 3 is 2.12 bits per heavy atom. The van der Waals surface area contributed by atoms with Crippen molar-refractivity contribution in [1.29, 1.82) is 0 Å². The average Bonchev–Trinajstić information content (AvgIpc) is 2.98. The number of halogens is 1. The van der Waals surface area contributed by atoms with Crippen LogP contribution in [0.1, 0.15) is 16.7 Å². The van der Waals surface area contributed by atoms with Gasteiger partial charge in [0.2, 0.25) is 5.90 Å². The third-order valence-corrected chi connectivity index (χ3v) is 4.28. The number of nitrogens with zero attached hydrogens (tertiary/aromatic N) is 1. The van der Waals surface area contributed by atoms with Crippen LogP contribution in [-0.4, -0.2) is 12.6 Å². The Hall–Kier alpha value is -2.94. The second-order valence-corrected chi connectivity index (χ2v) is 5.73. The third kappa shape index (κ3) is 2.29. The monoisotopic (exact) mass is 317 g/mol. The van der Waals surface area contributed by atoms with Gasteiger partial charge in [0.1, 0.15) is 6.67 Å². The van der Waals surface area contributed by atoms with Crippen LogP contribution in [0.4, 0.5) is 10.1 Å². The molecule has 0 saturated heterocycles. The summed E-state index contributed by atoms with van der Waals surface area (Å²) < 4.78 is 20.4. The van der Waals surface area contributed by atoms with E-state index in [0.717, 1.165) is 22.4 Å². The molecule has 0 amide bonds. The van der Waals surface area contributed by atoms with Gasteiger partial charge in [0.05, 0.1) is 5.69 Å². The lowest BCUT2D eigenvalue weighted by Crippen LogP contribution is -2.30. The van der Waals surface area contributed by atoms with E-state index in [0.29, 0.717) is 5.90 Å². The van der Waals surface area contributed by atoms with E-state index in [9.17, 15) is 4.39 Å². The summed E-state index contributed by atoms with van der Waals surface area (Å²) in [6.07, 6.45) is 0. The lowest BCUT2D eigenvalue weighted by molar-refractivity contribution is 0.0805. The Labute approximate surface area is 140 Å². The normalized spacial score (nSPS) is 20.6. The molecule has 3 aromatic carbocycles. The third-order valence-electron chi connectivity index (χ3n) is 4.28. The molecule has 1 atom stereocenters. The highest BCUT2D eigenvalue weighted by Gasteiger charge is 2.46. The van der Waals surface area contributed by atoms with Crippen LogP contribution in [0.15, 0.2) is 89.9 Å². The molecule has 118 valence electrons. The minimum Gasteiger partial charge on any atom is -0.458 e. The van der Waals surface area contributed by atoms with Crippen molar-refractivity contribution < 1.29 is 9.13 Å². The summed E-state index contributed by atoms with van der Waals surface area (Å²) in [5.41, 5.74) is 2.09. The van der Waals surface area contributed by atoms with Crippen LogP contribution in [0.2, 0.25) is 0 Å². The van der Waals surface area contributed by atoms with E-state index in [2.05, 4.69) is 4.99 Å². The van der Waals surface area contributed by atoms with Crippen LogP contribution in [0.5, 0.6) is 0 Å². The van der Waals surface area contributed by atoms with Crippen molar-refractivity contribution in [1.82, 2.24) is 0 Å². The zero-order chi connectivity index (χ0) is 16.4. The van der Waals surface area contributed by atoms with E-state index in [-0.39, 0.29) is 0 Å². The molecule has 1 aliphatic heterocycles. The fourth-order valence-electron chi connectivity index (χ4n) is 3.10. The number of ether oxygens (including phenoxy) is 1. The molecule has 24 heavy (non-hydrogen) atoms. The molecule has 0 saturated carbocycles. The topological polar surface area (TPSA) is 21.6 Å². The van der Waals surface area contributed by atoms with Gasteiger partial charge in [0.15, 0.2) is 5.60 Å². The van der Waals surface area contributed by atoms with Gasteiger partial charge in [-0.1, -0.05) is 66.7 Å². The van der Waals surface area contributed by atoms with Crippen LogP contribution in [0.3, 0.4) is 0 Å². The van der Waals surface area contributed by atoms with Crippen molar-refractivity contribution in [3.63, 3.8) is 0 Å². The molecule has 3 aromatic rings. The van der Waals surface area contributed by atoms with Crippen molar-refractivity contribution in [2.75, 3.05) is 6.67 Å². The Morgan fingerprint density at radius 2 is 1.42 bits per heavy atom. The Bertz CT molecular complexity index is 877. The van der Waals surface area contributed by atoms with Gasteiger partial charge in [-0.2, -0.15) is 0 Å². The molecule has 1 aliphatic rings. The number of alkyl halides is 1. The van der Waals surface area contributed by atoms with Crippen LogP contribution in [-0.2, 0) is 10.3 Å². The summed E-state index contributed by atoms with van der Waals surface area (Å²) in [5, 5.41) is 0. The van der Waals surface area contributed by atoms with Crippen molar-refractivity contribution >= 4 is 11.6 Å². The molecule has 0 radical (unpaired) electrons. The summed E-state index contributed by atoms with van der Waals surface area (Å²) in [4.78, 5) is 4.60. The molecule has 4 rings (SSSR count). The average molecular weight is 317 g/mol. The van der Waals surface area contributed by atoms with E-state index in [1.807, 2.05) is 84.9 Å². The van der Waals surface area contributed by atoms with E-state index in [1.54, 1.807) is 0 Å². The maximum absolute atomic E-state index is 14.2. The van der Waals surface area contributed by atoms with E-state index in [1.165, 1.54) is 0 Å². The van der Waals surface area contributed by atoms with Crippen molar-refractivity contribution in [2.24, 2.45) is 4.99 Å². The van der Waals surface area contributed by atoms with Gasteiger partial charge in [-0.15, -0.1) is 0 Å². The standard InChI is InChI=1S/C21H16FNO/c22-15-21(16-9-3-1-4-10-16)19-14-8-7-13-18(19)20(24-21)23-17-11-5-2-6-12-17/h1-14H,15H2. The number of hydrogen-bond donors (Lipinski definition) is 0. The molecule has 0 aromatic heterocycles. The van der Waals surface area contributed by atoms with Crippen LogP contribution in [0.25, 0.3) is 0 Å². The van der Waals surface area contributed by atoms with Crippen molar-refractivity contribution in [2.45, 2.75) is 5.60 Å². The summed E-state index contributed by atoms with van der Waals surface area (Å²) in [7, 11) is 0. The first-order chi connectivity index (χ1) is 11.8. The van der Waals surface area contributed by atoms with Gasteiger partial charge in [-0.3, -0.25) is 0 Å². The number of hydrogen-bond acceptors (Lipinski definition) is 2. The molecule has 3 heteroatoms. The highest BCUT2D eigenvalue weighted by molar-refractivity contribution is 6.01. The highest BCUT2D eigenvalue weighted by Crippen LogP contribution is 2.43. The predicted octanol–water partition coefficient (Wildman–Crippen LogP) is 5.01. The van der Waals surface area contributed by atoms with E-state index < -0.39 is 12.3 Å². The first kappa shape index (κ1) is 14.6. The summed E-state index contributed by atoms with van der Waals surface area (Å²) in [6, 6.07) is 26.7. The number of para-hydroxylation sites is 1. The number of aliphatic imine (C=N–C) groups is 1. The van der Waals surface area contributed by atoms with Gasteiger partial charge in [0.25, 0.3) is 0 Å². The maximum Gasteiger partial charge on any atom is 0.223 e. The van der Waals surface area contributed by atoms with Crippen LogP contribution >= 0.6 is 0 Å². The predicted molar refractivity (Wildman–Crippen MR) is 93.4 cm³/mol. The maximum atomic E-state index is 14.2. The van der Waals surface area contributed by atoms with E-state index in [4.69, 9.17) is 4.74 Å². The lowest BCUT2D eigenvalue weighted by atomic mass is 9.87. The summed E-state index contributed by atoms with van der Waals surface area (Å²) in [5.74, 6) is 0.457. The van der Waals surface area contributed by atoms with Gasteiger partial charge in [-0.25, -0.2) is 9.38 Å². The van der Waals surface area contributed by atoms with Gasteiger partial charge in [-0.05, 0) is 18.2 Å². The first-order valence-corrected chi connectivity index (χ1v) is 7.87. The fourth-order valence-corrected chi connectivity index (χ4v) is 3.10. The second-order valence-electron chi connectivity index (χ2n) is 5.73. The summed E-state index contributed by atoms with van der Waals surface area (Å²) in [6.45, 7) is -0.651. The van der Waals surface area contributed by atoms with Gasteiger partial charge in [0, 0.05) is 16.7 Å². The molecule has 0 bridgehead atoms. The number of rotatable bonds is 3. The SMILES string of the molecule is FCC1(c2ccccc2)OC(=Nc2ccccc2)c2ccccc21. The largest absolute Gasteiger partial charge is 0.458 e. The fraction of sp³-hybridized carbons (Fsp3) is 0.0952. The quantitative estimate of drug-likeness (QED) is 0.665.